The molecule has 2 aromatic heterocycles. The first-order chi connectivity index (χ1) is 10.5. The van der Waals surface area contributed by atoms with Crippen molar-refractivity contribution in [1.82, 2.24) is 20.0 Å². The summed E-state index contributed by atoms with van der Waals surface area (Å²) in [5.41, 5.74) is 6.91. The van der Waals surface area contributed by atoms with Crippen molar-refractivity contribution in [2.75, 3.05) is 17.6 Å². The first-order valence-electron chi connectivity index (χ1n) is 6.60. The molecule has 0 aromatic carbocycles. The fraction of sp³-hybridized carbons (Fsp3) is 0.417. The van der Waals surface area contributed by atoms with Crippen LogP contribution in [0.2, 0.25) is 0 Å². The number of nitriles is 1. The van der Waals surface area contributed by atoms with Gasteiger partial charge in [-0.1, -0.05) is 0 Å². The minimum atomic E-state index is -0.450. The summed E-state index contributed by atoms with van der Waals surface area (Å²) in [6.45, 7) is 2.08. The Morgan fingerprint density at radius 3 is 2.95 bits per heavy atom. The normalized spacial score (nSPS) is 10.4. The van der Waals surface area contributed by atoms with Crippen molar-refractivity contribution < 1.29 is 4.92 Å². The van der Waals surface area contributed by atoms with Gasteiger partial charge in [-0.2, -0.15) is 15.5 Å². The van der Waals surface area contributed by atoms with Crippen LogP contribution in [0.3, 0.4) is 0 Å². The number of aromatic amines is 1. The topological polar surface area (TPSA) is 151 Å². The molecular formula is C12H16N8O2. The minimum absolute atomic E-state index is 0.0222. The summed E-state index contributed by atoms with van der Waals surface area (Å²) in [5, 5.41) is 33.6. The van der Waals surface area contributed by atoms with Gasteiger partial charge in [0.05, 0.1) is 10.6 Å². The van der Waals surface area contributed by atoms with Crippen molar-refractivity contribution in [2.45, 2.75) is 19.8 Å². The van der Waals surface area contributed by atoms with Crippen LogP contribution in [-0.4, -0.2) is 31.4 Å². The number of hydrogen-bond donors (Lipinski definition) is 3. The maximum Gasteiger partial charge on any atom is 0.333 e. The highest BCUT2D eigenvalue weighted by Gasteiger charge is 2.23. The summed E-state index contributed by atoms with van der Waals surface area (Å²) in [5.74, 6) is 0.551. The summed E-state index contributed by atoms with van der Waals surface area (Å²) in [6.07, 6.45) is 1.21. The molecule has 0 atom stereocenters. The third-order valence-electron chi connectivity index (χ3n) is 3.25. The zero-order chi connectivity index (χ0) is 16.3. The zero-order valence-corrected chi connectivity index (χ0v) is 12.3. The van der Waals surface area contributed by atoms with E-state index in [1.807, 2.05) is 6.07 Å². The van der Waals surface area contributed by atoms with Gasteiger partial charge in [-0.15, -0.1) is 0 Å². The lowest BCUT2D eigenvalue weighted by Crippen LogP contribution is -2.09. The lowest BCUT2D eigenvalue weighted by atomic mass is 10.1. The molecule has 22 heavy (non-hydrogen) atoms. The molecule has 10 heteroatoms. The second-order valence-corrected chi connectivity index (χ2v) is 4.77. The number of aryl methyl sites for hydroxylation is 3. The van der Waals surface area contributed by atoms with Gasteiger partial charge >= 0.3 is 5.69 Å². The number of H-pyrrole nitrogens is 1. The molecule has 4 N–H and O–H groups in total. The number of aromatic nitrogens is 4. The zero-order valence-electron chi connectivity index (χ0n) is 12.3. The van der Waals surface area contributed by atoms with Gasteiger partial charge in [0.15, 0.2) is 5.82 Å². The number of nitro groups is 1. The van der Waals surface area contributed by atoms with Crippen LogP contribution >= 0.6 is 0 Å². The van der Waals surface area contributed by atoms with Gasteiger partial charge in [0.2, 0.25) is 5.82 Å². The average Bonchev–Trinajstić information content (AvgIpc) is 2.94. The molecule has 0 bridgehead atoms. The number of nitrogens with one attached hydrogen (secondary N) is 2. The first kappa shape index (κ1) is 15.3. The van der Waals surface area contributed by atoms with Gasteiger partial charge in [0.1, 0.15) is 17.3 Å². The van der Waals surface area contributed by atoms with Crippen LogP contribution < -0.4 is 11.1 Å². The monoisotopic (exact) mass is 304 g/mol. The van der Waals surface area contributed by atoms with Crippen molar-refractivity contribution in [2.24, 2.45) is 7.05 Å². The van der Waals surface area contributed by atoms with E-state index in [2.05, 4.69) is 20.6 Å². The Hall–Kier alpha value is -3.09. The molecule has 0 aliphatic rings. The number of hydrogen-bond acceptors (Lipinski definition) is 7. The SMILES string of the molecule is Cc1nn(C)c(NCCCc2[nH]nc(N)c2C#N)c1[N+](=O)[O-]. The van der Waals surface area contributed by atoms with Crippen LogP contribution in [0.25, 0.3) is 0 Å². The Labute approximate surface area is 126 Å². The van der Waals surface area contributed by atoms with Crippen LogP contribution in [0.1, 0.15) is 23.4 Å². The van der Waals surface area contributed by atoms with Crippen LogP contribution in [0.5, 0.6) is 0 Å². The molecule has 10 nitrogen and oxygen atoms in total. The van der Waals surface area contributed by atoms with Crippen LogP contribution in [-0.2, 0) is 13.5 Å². The van der Waals surface area contributed by atoms with Gasteiger partial charge in [0.25, 0.3) is 0 Å². The molecule has 0 aliphatic heterocycles. The fourth-order valence-electron chi connectivity index (χ4n) is 2.24. The molecule has 2 heterocycles. The van der Waals surface area contributed by atoms with Crippen molar-refractivity contribution in [3.05, 3.63) is 27.1 Å². The molecular weight excluding hydrogens is 288 g/mol. The predicted molar refractivity (Wildman–Crippen MR) is 79.1 cm³/mol. The molecule has 0 unspecified atom stereocenters. The molecule has 0 amide bonds. The van der Waals surface area contributed by atoms with Crippen molar-refractivity contribution >= 4 is 17.3 Å². The van der Waals surface area contributed by atoms with E-state index >= 15 is 0 Å². The van der Waals surface area contributed by atoms with Crippen LogP contribution in [0, 0.1) is 28.4 Å². The molecule has 0 radical (unpaired) electrons. The van der Waals surface area contributed by atoms with Crippen molar-refractivity contribution in [3.63, 3.8) is 0 Å². The first-order valence-corrected chi connectivity index (χ1v) is 6.60. The van der Waals surface area contributed by atoms with Crippen LogP contribution in [0.4, 0.5) is 17.3 Å². The molecule has 2 aromatic rings. The third kappa shape index (κ3) is 2.83. The maximum absolute atomic E-state index is 11.0. The molecule has 0 aliphatic carbocycles. The summed E-state index contributed by atoms with van der Waals surface area (Å²) >= 11 is 0. The summed E-state index contributed by atoms with van der Waals surface area (Å²) in [7, 11) is 1.64. The van der Waals surface area contributed by atoms with E-state index in [-0.39, 0.29) is 11.5 Å². The Morgan fingerprint density at radius 2 is 2.32 bits per heavy atom. The number of anilines is 2. The van der Waals surface area contributed by atoms with E-state index in [0.29, 0.717) is 42.2 Å². The maximum atomic E-state index is 11.0. The Bertz CT molecular complexity index is 739. The van der Waals surface area contributed by atoms with Gasteiger partial charge in [-0.05, 0) is 19.8 Å². The highest BCUT2D eigenvalue weighted by Crippen LogP contribution is 2.27. The highest BCUT2D eigenvalue weighted by atomic mass is 16.6. The number of nitrogens with two attached hydrogens (primary N) is 1. The van der Waals surface area contributed by atoms with Gasteiger partial charge in [0, 0.05) is 13.6 Å². The van der Waals surface area contributed by atoms with E-state index in [4.69, 9.17) is 11.0 Å². The molecule has 0 fully saturated rings. The lowest BCUT2D eigenvalue weighted by Gasteiger charge is -2.05. The van der Waals surface area contributed by atoms with Gasteiger partial charge < -0.3 is 11.1 Å². The van der Waals surface area contributed by atoms with E-state index in [1.54, 1.807) is 14.0 Å². The van der Waals surface area contributed by atoms with E-state index < -0.39 is 4.92 Å². The van der Waals surface area contributed by atoms with Crippen LogP contribution in [0.15, 0.2) is 0 Å². The minimum Gasteiger partial charge on any atom is -0.381 e. The number of rotatable bonds is 6. The summed E-state index contributed by atoms with van der Waals surface area (Å²) in [4.78, 5) is 10.6. The van der Waals surface area contributed by atoms with E-state index in [1.165, 1.54) is 4.68 Å². The second kappa shape index (κ2) is 6.13. The summed E-state index contributed by atoms with van der Waals surface area (Å²) < 4.78 is 1.45. The molecule has 0 saturated carbocycles. The quantitative estimate of drug-likeness (QED) is 0.406. The second-order valence-electron chi connectivity index (χ2n) is 4.77. The smallest absolute Gasteiger partial charge is 0.333 e. The summed E-state index contributed by atoms with van der Waals surface area (Å²) in [6, 6.07) is 2.00. The molecule has 116 valence electrons. The van der Waals surface area contributed by atoms with E-state index in [0.717, 1.165) is 0 Å². The average molecular weight is 304 g/mol. The van der Waals surface area contributed by atoms with Crippen molar-refractivity contribution in [1.29, 1.82) is 5.26 Å². The van der Waals surface area contributed by atoms with Crippen molar-refractivity contribution in [3.8, 4) is 6.07 Å². The Balaban J connectivity index is 1.98. The molecule has 2 rings (SSSR count). The Kier molecular flexibility index (Phi) is 4.26. The predicted octanol–water partition coefficient (Wildman–Crippen LogP) is 0.858. The number of nitrogens with zero attached hydrogens (tertiary/aromatic N) is 5. The van der Waals surface area contributed by atoms with Gasteiger partial charge in [-0.3, -0.25) is 15.2 Å². The standard InChI is InChI=1S/C12H16N8O2/c1-7-10(20(21)22)12(19(2)18-7)15-5-3-4-9-8(6-13)11(14)17-16-9/h15H,3-5H2,1-2H3,(H3,14,16,17). The van der Waals surface area contributed by atoms with E-state index in [9.17, 15) is 10.1 Å². The third-order valence-corrected chi connectivity index (χ3v) is 3.25. The fourth-order valence-corrected chi connectivity index (χ4v) is 2.24. The lowest BCUT2D eigenvalue weighted by molar-refractivity contribution is -0.384. The largest absolute Gasteiger partial charge is 0.381 e. The van der Waals surface area contributed by atoms with Gasteiger partial charge in [-0.25, -0.2) is 4.68 Å². The number of nitrogen functional groups attached to an aromatic ring is 1. The molecule has 0 saturated heterocycles. The highest BCUT2D eigenvalue weighted by molar-refractivity contribution is 5.59. The Morgan fingerprint density at radius 1 is 1.59 bits per heavy atom. The molecule has 0 spiro atoms.